The van der Waals surface area contributed by atoms with E-state index >= 15 is 0 Å². The van der Waals surface area contributed by atoms with Crippen LogP contribution in [-0.4, -0.2) is 44.4 Å². The van der Waals surface area contributed by atoms with Crippen molar-refractivity contribution in [2.45, 2.75) is 63.5 Å². The predicted octanol–water partition coefficient (Wildman–Crippen LogP) is 2.50. The zero-order chi connectivity index (χ0) is 16.7. The molecule has 2 fully saturated rings. The summed E-state index contributed by atoms with van der Waals surface area (Å²) < 4.78 is 1.99. The fraction of sp³-hybridized carbons (Fsp3) is 0.765. The molecule has 5 nitrogen and oxygen atoms in total. The maximum atomic E-state index is 12.5. The molecule has 0 aromatic carbocycles. The molecule has 0 radical (unpaired) electrons. The van der Waals surface area contributed by atoms with E-state index in [-0.39, 0.29) is 11.4 Å². The molecule has 3 rings (SSSR count). The lowest BCUT2D eigenvalue weighted by Gasteiger charge is -2.31. The van der Waals surface area contributed by atoms with E-state index in [2.05, 4.69) is 31.2 Å². The van der Waals surface area contributed by atoms with E-state index in [0.717, 1.165) is 30.0 Å². The molecule has 0 bridgehead atoms. The van der Waals surface area contributed by atoms with Crippen molar-refractivity contribution in [3.05, 3.63) is 17.5 Å². The van der Waals surface area contributed by atoms with Gasteiger partial charge < -0.3 is 10.4 Å². The zero-order valence-electron chi connectivity index (χ0n) is 14.3. The Bertz CT molecular complexity index is 581. The lowest BCUT2D eigenvalue weighted by molar-refractivity contribution is 0.0310. The lowest BCUT2D eigenvalue weighted by atomic mass is 9.97. The van der Waals surface area contributed by atoms with Crippen molar-refractivity contribution in [2.75, 3.05) is 18.1 Å². The number of nitrogens with one attached hydrogen (secondary N) is 1. The molecule has 2 heterocycles. The summed E-state index contributed by atoms with van der Waals surface area (Å²) in [7, 11) is 0. The minimum atomic E-state index is -0.757. The number of carbonyl (C=O) groups excluding carboxylic acids is 1. The van der Waals surface area contributed by atoms with Crippen LogP contribution in [0.5, 0.6) is 0 Å². The van der Waals surface area contributed by atoms with Crippen molar-refractivity contribution in [3.63, 3.8) is 0 Å². The summed E-state index contributed by atoms with van der Waals surface area (Å²) in [5, 5.41) is 17.9. The number of thioether (sulfide) groups is 1. The number of hydrogen-bond donors (Lipinski definition) is 2. The van der Waals surface area contributed by atoms with Crippen LogP contribution in [0.2, 0.25) is 0 Å². The topological polar surface area (TPSA) is 67.2 Å². The number of amides is 1. The van der Waals surface area contributed by atoms with Gasteiger partial charge in [0.15, 0.2) is 0 Å². The van der Waals surface area contributed by atoms with Crippen molar-refractivity contribution in [1.82, 2.24) is 15.1 Å². The van der Waals surface area contributed by atoms with Crippen molar-refractivity contribution in [3.8, 4) is 0 Å². The van der Waals surface area contributed by atoms with Crippen LogP contribution in [-0.2, 0) is 5.54 Å². The van der Waals surface area contributed by atoms with Gasteiger partial charge in [0.05, 0.1) is 11.1 Å². The number of nitrogens with zero attached hydrogens (tertiary/aromatic N) is 2. The van der Waals surface area contributed by atoms with Crippen LogP contribution in [0.1, 0.15) is 68.6 Å². The Hall–Kier alpha value is -1.01. The van der Waals surface area contributed by atoms with Gasteiger partial charge >= 0.3 is 0 Å². The average Bonchev–Trinajstić information content (AvgIpc) is 3.22. The maximum absolute atomic E-state index is 12.5. The smallest absolute Gasteiger partial charge is 0.271 e. The zero-order valence-corrected chi connectivity index (χ0v) is 15.1. The SMILES string of the molecule is CC(C)(C)n1nc(C(=O)NCC2(O)CCSCC2)cc1C1CC1. The molecule has 2 N–H and O–H groups in total. The highest BCUT2D eigenvalue weighted by Crippen LogP contribution is 2.41. The molecule has 1 aliphatic carbocycles. The van der Waals surface area contributed by atoms with Crippen LogP contribution in [0, 0.1) is 0 Å². The number of aliphatic hydroxyl groups is 1. The van der Waals surface area contributed by atoms with Gasteiger partial charge in [0.25, 0.3) is 5.91 Å². The molecule has 0 atom stereocenters. The Morgan fingerprint density at radius 3 is 2.65 bits per heavy atom. The van der Waals surface area contributed by atoms with Crippen LogP contribution >= 0.6 is 11.8 Å². The fourth-order valence-electron chi connectivity index (χ4n) is 2.98. The second-order valence-electron chi connectivity index (χ2n) is 7.83. The van der Waals surface area contributed by atoms with E-state index in [0.29, 0.717) is 18.2 Å². The first kappa shape index (κ1) is 16.8. The molecule has 1 aromatic rings. The summed E-state index contributed by atoms with van der Waals surface area (Å²) in [5.41, 5.74) is 0.744. The van der Waals surface area contributed by atoms with Crippen LogP contribution < -0.4 is 5.32 Å². The number of aromatic nitrogens is 2. The summed E-state index contributed by atoms with van der Waals surface area (Å²) in [6, 6.07) is 1.93. The van der Waals surface area contributed by atoms with Gasteiger partial charge in [-0.25, -0.2) is 0 Å². The Morgan fingerprint density at radius 1 is 1.43 bits per heavy atom. The third-order valence-electron chi connectivity index (χ3n) is 4.60. The second-order valence-corrected chi connectivity index (χ2v) is 9.06. The summed E-state index contributed by atoms with van der Waals surface area (Å²) in [4.78, 5) is 12.5. The molecule has 128 valence electrons. The van der Waals surface area contributed by atoms with Gasteiger partial charge in [-0.05, 0) is 64.0 Å². The van der Waals surface area contributed by atoms with Crippen molar-refractivity contribution in [2.24, 2.45) is 0 Å². The number of carbonyl (C=O) groups is 1. The maximum Gasteiger partial charge on any atom is 0.271 e. The van der Waals surface area contributed by atoms with Crippen molar-refractivity contribution >= 4 is 17.7 Å². The quantitative estimate of drug-likeness (QED) is 0.886. The molecule has 0 unspecified atom stereocenters. The van der Waals surface area contributed by atoms with Crippen LogP contribution in [0.25, 0.3) is 0 Å². The third-order valence-corrected chi connectivity index (χ3v) is 5.59. The Balaban J connectivity index is 1.70. The van der Waals surface area contributed by atoms with Gasteiger partial charge in [0.1, 0.15) is 5.69 Å². The van der Waals surface area contributed by atoms with E-state index in [1.54, 1.807) is 0 Å². The van der Waals surface area contributed by atoms with E-state index in [4.69, 9.17) is 0 Å². The standard InChI is InChI=1S/C17H27N3O2S/c1-16(2,3)20-14(12-4-5-12)10-13(19-20)15(21)18-11-17(22)6-8-23-9-7-17/h10,12,22H,4-9,11H2,1-3H3,(H,18,21). The summed E-state index contributed by atoms with van der Waals surface area (Å²) in [5.74, 6) is 2.28. The molecule has 0 spiro atoms. The van der Waals surface area contributed by atoms with Gasteiger partial charge in [0.2, 0.25) is 0 Å². The van der Waals surface area contributed by atoms with Gasteiger partial charge in [-0.3, -0.25) is 9.48 Å². The third kappa shape index (κ3) is 3.91. The molecular weight excluding hydrogens is 310 g/mol. The Kier molecular flexibility index (Phi) is 4.49. The first-order chi connectivity index (χ1) is 10.8. The molecule has 1 saturated carbocycles. The fourth-order valence-corrected chi connectivity index (χ4v) is 4.23. The van der Waals surface area contributed by atoms with Gasteiger partial charge in [-0.1, -0.05) is 0 Å². The van der Waals surface area contributed by atoms with Gasteiger partial charge in [0, 0.05) is 18.2 Å². The number of rotatable bonds is 4. The number of hydrogen-bond acceptors (Lipinski definition) is 4. The van der Waals surface area contributed by atoms with E-state index < -0.39 is 5.60 Å². The molecule has 1 amide bonds. The first-order valence-corrected chi connectivity index (χ1v) is 9.63. The average molecular weight is 337 g/mol. The lowest BCUT2D eigenvalue weighted by Crippen LogP contribution is -2.45. The molecule has 2 aliphatic rings. The highest BCUT2D eigenvalue weighted by atomic mass is 32.2. The van der Waals surface area contributed by atoms with Gasteiger partial charge in [-0.2, -0.15) is 16.9 Å². The molecule has 23 heavy (non-hydrogen) atoms. The predicted molar refractivity (Wildman–Crippen MR) is 93.0 cm³/mol. The minimum absolute atomic E-state index is 0.130. The molecular formula is C17H27N3O2S. The first-order valence-electron chi connectivity index (χ1n) is 8.47. The Morgan fingerprint density at radius 2 is 2.09 bits per heavy atom. The normalized spacial score (nSPS) is 21.2. The van der Waals surface area contributed by atoms with Crippen molar-refractivity contribution in [1.29, 1.82) is 0 Å². The minimum Gasteiger partial charge on any atom is -0.388 e. The summed E-state index contributed by atoms with van der Waals surface area (Å²) >= 11 is 1.86. The molecule has 6 heteroatoms. The largest absolute Gasteiger partial charge is 0.388 e. The molecule has 1 saturated heterocycles. The highest BCUT2D eigenvalue weighted by Gasteiger charge is 2.33. The van der Waals surface area contributed by atoms with E-state index in [1.807, 2.05) is 22.5 Å². The summed E-state index contributed by atoms with van der Waals surface area (Å²) in [6.45, 7) is 6.63. The summed E-state index contributed by atoms with van der Waals surface area (Å²) in [6.07, 6.45) is 3.84. The van der Waals surface area contributed by atoms with E-state index in [1.165, 1.54) is 12.8 Å². The van der Waals surface area contributed by atoms with Gasteiger partial charge in [-0.15, -0.1) is 0 Å². The van der Waals surface area contributed by atoms with Crippen LogP contribution in [0.4, 0.5) is 0 Å². The molecule has 1 aliphatic heterocycles. The highest BCUT2D eigenvalue weighted by molar-refractivity contribution is 7.99. The van der Waals surface area contributed by atoms with E-state index in [9.17, 15) is 9.90 Å². The van der Waals surface area contributed by atoms with Crippen molar-refractivity contribution < 1.29 is 9.90 Å². The monoisotopic (exact) mass is 337 g/mol. The van der Waals surface area contributed by atoms with Crippen LogP contribution in [0.3, 0.4) is 0 Å². The molecule has 1 aromatic heterocycles. The second kappa shape index (κ2) is 6.13. The van der Waals surface area contributed by atoms with Crippen LogP contribution in [0.15, 0.2) is 6.07 Å². The Labute approximate surface area is 142 Å².